The van der Waals surface area contributed by atoms with Crippen LogP contribution in [0.2, 0.25) is 0 Å². The van der Waals surface area contributed by atoms with Crippen molar-refractivity contribution in [2.24, 2.45) is 0 Å². The first-order valence-corrected chi connectivity index (χ1v) is 6.25. The summed E-state index contributed by atoms with van der Waals surface area (Å²) in [5.74, 6) is 0. The van der Waals surface area contributed by atoms with Gasteiger partial charge in [-0.2, -0.15) is 0 Å². The number of thiophene rings is 1. The van der Waals surface area contributed by atoms with Gasteiger partial charge in [0.05, 0.1) is 10.6 Å². The molecule has 2 aromatic rings. The van der Waals surface area contributed by atoms with Gasteiger partial charge in [0, 0.05) is 12.0 Å². The molecule has 0 fully saturated rings. The number of nitrogens with zero attached hydrogens (tertiary/aromatic N) is 1. The largest absolute Gasteiger partial charge is 0.396 e. The van der Waals surface area contributed by atoms with Gasteiger partial charge < -0.3 is 5.11 Å². The van der Waals surface area contributed by atoms with Crippen molar-refractivity contribution in [1.82, 2.24) is 4.98 Å². The second-order valence-corrected chi connectivity index (χ2v) is 4.75. The van der Waals surface area contributed by atoms with Crippen molar-refractivity contribution in [1.29, 1.82) is 0 Å². The van der Waals surface area contributed by atoms with E-state index in [-0.39, 0.29) is 6.61 Å². The standard InChI is InChI=1S/C10H11NOS2/c12-5-1-3-8-7-14-10(11-8)9-4-2-6-13-9/h2,4,6-7,12H,1,3,5H2. The summed E-state index contributed by atoms with van der Waals surface area (Å²) < 4.78 is 0. The van der Waals surface area contributed by atoms with E-state index in [4.69, 9.17) is 5.11 Å². The Bertz CT molecular complexity index is 380. The monoisotopic (exact) mass is 225 g/mol. The lowest BCUT2D eigenvalue weighted by Gasteiger charge is -1.91. The van der Waals surface area contributed by atoms with Crippen molar-refractivity contribution in [3.8, 4) is 9.88 Å². The van der Waals surface area contributed by atoms with Crippen LogP contribution in [0.1, 0.15) is 12.1 Å². The molecule has 1 N–H and O–H groups in total. The van der Waals surface area contributed by atoms with Crippen LogP contribution >= 0.6 is 22.7 Å². The van der Waals surface area contributed by atoms with Gasteiger partial charge in [-0.05, 0) is 24.3 Å². The molecule has 0 saturated heterocycles. The zero-order valence-corrected chi connectivity index (χ0v) is 9.27. The maximum atomic E-state index is 8.70. The van der Waals surface area contributed by atoms with Crippen LogP contribution in [-0.2, 0) is 6.42 Å². The zero-order valence-electron chi connectivity index (χ0n) is 7.64. The van der Waals surface area contributed by atoms with Crippen molar-refractivity contribution in [2.75, 3.05) is 6.61 Å². The summed E-state index contributed by atoms with van der Waals surface area (Å²) in [5.41, 5.74) is 1.09. The Morgan fingerprint density at radius 3 is 3.00 bits per heavy atom. The van der Waals surface area contributed by atoms with E-state index >= 15 is 0 Å². The van der Waals surface area contributed by atoms with E-state index in [0.29, 0.717) is 0 Å². The van der Waals surface area contributed by atoms with E-state index in [0.717, 1.165) is 23.5 Å². The third kappa shape index (κ3) is 2.20. The van der Waals surface area contributed by atoms with Crippen molar-refractivity contribution >= 4 is 22.7 Å². The summed E-state index contributed by atoms with van der Waals surface area (Å²) in [6.07, 6.45) is 1.67. The molecule has 0 aliphatic rings. The van der Waals surface area contributed by atoms with Crippen LogP contribution in [0.15, 0.2) is 22.9 Å². The van der Waals surface area contributed by atoms with Gasteiger partial charge in [0.15, 0.2) is 0 Å². The van der Waals surface area contributed by atoms with Gasteiger partial charge >= 0.3 is 0 Å². The smallest absolute Gasteiger partial charge is 0.133 e. The fourth-order valence-corrected chi connectivity index (χ4v) is 2.86. The number of aliphatic hydroxyl groups is 1. The van der Waals surface area contributed by atoms with Crippen LogP contribution in [0.4, 0.5) is 0 Å². The molecular formula is C10H11NOS2. The van der Waals surface area contributed by atoms with Crippen LogP contribution in [0.25, 0.3) is 9.88 Å². The van der Waals surface area contributed by atoms with Crippen molar-refractivity contribution in [2.45, 2.75) is 12.8 Å². The lowest BCUT2D eigenvalue weighted by molar-refractivity contribution is 0.288. The third-order valence-electron chi connectivity index (χ3n) is 1.87. The highest BCUT2D eigenvalue weighted by Crippen LogP contribution is 2.27. The summed E-state index contributed by atoms with van der Waals surface area (Å²) in [4.78, 5) is 5.74. The minimum Gasteiger partial charge on any atom is -0.396 e. The molecule has 0 saturated carbocycles. The van der Waals surface area contributed by atoms with Gasteiger partial charge in [-0.15, -0.1) is 22.7 Å². The van der Waals surface area contributed by atoms with E-state index in [1.54, 1.807) is 22.7 Å². The summed E-state index contributed by atoms with van der Waals surface area (Å²) >= 11 is 3.39. The van der Waals surface area contributed by atoms with Crippen molar-refractivity contribution < 1.29 is 5.11 Å². The summed E-state index contributed by atoms with van der Waals surface area (Å²) in [6.45, 7) is 0.242. The van der Waals surface area contributed by atoms with Gasteiger partial charge in [0.1, 0.15) is 5.01 Å². The van der Waals surface area contributed by atoms with Crippen LogP contribution in [0, 0.1) is 0 Å². The number of thiazole rings is 1. The van der Waals surface area contributed by atoms with E-state index in [1.807, 2.05) is 6.07 Å². The molecule has 0 aliphatic heterocycles. The van der Waals surface area contributed by atoms with E-state index in [9.17, 15) is 0 Å². The Kier molecular flexibility index (Phi) is 3.29. The lowest BCUT2D eigenvalue weighted by atomic mass is 10.3. The van der Waals surface area contributed by atoms with E-state index in [1.165, 1.54) is 4.88 Å². The molecule has 14 heavy (non-hydrogen) atoms. The van der Waals surface area contributed by atoms with Crippen molar-refractivity contribution in [3.63, 3.8) is 0 Å². The topological polar surface area (TPSA) is 33.1 Å². The Balaban J connectivity index is 2.10. The minimum absolute atomic E-state index is 0.242. The molecule has 2 nitrogen and oxygen atoms in total. The molecule has 74 valence electrons. The summed E-state index contributed by atoms with van der Waals surface area (Å²) in [5, 5.41) is 13.9. The quantitative estimate of drug-likeness (QED) is 0.868. The average molecular weight is 225 g/mol. The maximum absolute atomic E-state index is 8.70. The fourth-order valence-electron chi connectivity index (χ4n) is 1.20. The van der Waals surface area contributed by atoms with Gasteiger partial charge in [0.2, 0.25) is 0 Å². The average Bonchev–Trinajstić information content (AvgIpc) is 2.85. The van der Waals surface area contributed by atoms with Crippen LogP contribution in [-0.4, -0.2) is 16.7 Å². The first-order valence-electron chi connectivity index (χ1n) is 4.49. The molecule has 2 rings (SSSR count). The first-order chi connectivity index (χ1) is 6.90. The first kappa shape index (κ1) is 9.83. The molecule has 0 bridgehead atoms. The highest BCUT2D eigenvalue weighted by Gasteiger charge is 2.04. The molecule has 2 heterocycles. The number of aryl methyl sites for hydroxylation is 1. The predicted octanol–water partition coefficient (Wildman–Crippen LogP) is 2.80. The number of hydrogen-bond donors (Lipinski definition) is 1. The SMILES string of the molecule is OCCCc1csc(-c2cccs2)n1. The summed E-state index contributed by atoms with van der Waals surface area (Å²) in [7, 11) is 0. The van der Waals surface area contributed by atoms with E-state index in [2.05, 4.69) is 21.8 Å². The second kappa shape index (κ2) is 4.68. The van der Waals surface area contributed by atoms with Gasteiger partial charge in [-0.3, -0.25) is 0 Å². The number of aromatic nitrogens is 1. The highest BCUT2D eigenvalue weighted by molar-refractivity contribution is 7.20. The second-order valence-electron chi connectivity index (χ2n) is 2.95. The van der Waals surface area contributed by atoms with Crippen LogP contribution in [0.5, 0.6) is 0 Å². The fraction of sp³-hybridized carbons (Fsp3) is 0.300. The van der Waals surface area contributed by atoms with Gasteiger partial charge in [0.25, 0.3) is 0 Å². The lowest BCUT2D eigenvalue weighted by Crippen LogP contribution is -1.88. The van der Waals surface area contributed by atoms with Crippen LogP contribution in [0.3, 0.4) is 0 Å². The van der Waals surface area contributed by atoms with E-state index < -0.39 is 0 Å². The Morgan fingerprint density at radius 1 is 1.36 bits per heavy atom. The summed E-state index contributed by atoms with van der Waals surface area (Å²) in [6, 6.07) is 4.12. The van der Waals surface area contributed by atoms with Gasteiger partial charge in [-0.1, -0.05) is 6.07 Å². The molecular weight excluding hydrogens is 214 g/mol. The maximum Gasteiger partial charge on any atom is 0.133 e. The van der Waals surface area contributed by atoms with Crippen LogP contribution < -0.4 is 0 Å². The Labute approximate surface area is 90.9 Å². The predicted molar refractivity (Wildman–Crippen MR) is 60.8 cm³/mol. The molecule has 0 spiro atoms. The highest BCUT2D eigenvalue weighted by atomic mass is 32.1. The molecule has 0 radical (unpaired) electrons. The molecule has 0 unspecified atom stereocenters. The normalized spacial score (nSPS) is 10.6. The number of hydrogen-bond acceptors (Lipinski definition) is 4. The number of aliphatic hydroxyl groups excluding tert-OH is 1. The molecule has 2 aromatic heterocycles. The Morgan fingerprint density at radius 2 is 2.29 bits per heavy atom. The number of rotatable bonds is 4. The zero-order chi connectivity index (χ0) is 9.80. The molecule has 0 atom stereocenters. The van der Waals surface area contributed by atoms with Gasteiger partial charge in [-0.25, -0.2) is 4.98 Å². The van der Waals surface area contributed by atoms with Crippen molar-refractivity contribution in [3.05, 3.63) is 28.6 Å². The minimum atomic E-state index is 0.242. The third-order valence-corrected chi connectivity index (χ3v) is 3.80. The molecule has 4 heteroatoms. The molecule has 0 aliphatic carbocycles. The molecule has 0 amide bonds. The Hall–Kier alpha value is -0.710. The molecule has 0 aromatic carbocycles.